The summed E-state index contributed by atoms with van der Waals surface area (Å²) in [4.78, 5) is 10.2. The molecule has 0 saturated carbocycles. The van der Waals surface area contributed by atoms with Crippen molar-refractivity contribution in [2.45, 2.75) is 51.4 Å². The third-order valence-corrected chi connectivity index (χ3v) is 2.05. The monoisotopic (exact) mass is 250 g/mol. The van der Waals surface area contributed by atoms with Gasteiger partial charge in [-0.2, -0.15) is 0 Å². The van der Waals surface area contributed by atoms with Gasteiger partial charge in [0.2, 0.25) is 0 Å². The minimum absolute atomic E-state index is 0. The summed E-state index contributed by atoms with van der Waals surface area (Å²) < 4.78 is 0. The summed E-state index contributed by atoms with van der Waals surface area (Å²) in [5, 5.41) is 8.38. The van der Waals surface area contributed by atoms with Gasteiger partial charge in [0, 0.05) is 6.42 Å². The van der Waals surface area contributed by atoms with Crippen molar-refractivity contribution >= 4 is 35.7 Å². The fourth-order valence-electron chi connectivity index (χ4n) is 1.27. The van der Waals surface area contributed by atoms with E-state index in [9.17, 15) is 4.79 Å². The number of aliphatic carboxylic acids is 1. The fraction of sp³-hybridized carbons (Fsp3) is 0.727. The standard InChI is InChI=1S/C11H20O2.Al.ClH.3H/c1-2-3-4-5-6-7-8-9-10-11(12)13;;;;;/h2H,1,3-10H2,(H,12,13);;1H;;;. The average Bonchev–Trinajstić information content (AvgIpc) is 2.09. The Balaban J connectivity index is -0.000000720. The molecule has 0 aliphatic carbocycles. The van der Waals surface area contributed by atoms with E-state index < -0.39 is 5.97 Å². The van der Waals surface area contributed by atoms with Crippen LogP contribution in [0.5, 0.6) is 0 Å². The van der Waals surface area contributed by atoms with Crippen LogP contribution in [0.15, 0.2) is 12.7 Å². The van der Waals surface area contributed by atoms with E-state index in [4.69, 9.17) is 5.11 Å². The third kappa shape index (κ3) is 20.2. The van der Waals surface area contributed by atoms with Crippen LogP contribution in [0.3, 0.4) is 0 Å². The van der Waals surface area contributed by atoms with Crippen LogP contribution in [0.2, 0.25) is 0 Å². The van der Waals surface area contributed by atoms with E-state index in [1.54, 1.807) is 0 Å². The van der Waals surface area contributed by atoms with Gasteiger partial charge in [-0.1, -0.05) is 31.8 Å². The largest absolute Gasteiger partial charge is 0.481 e. The number of carboxylic acid groups (broad SMARTS) is 1. The Morgan fingerprint density at radius 1 is 1.07 bits per heavy atom. The molecular formula is C11H24AlClO2. The van der Waals surface area contributed by atoms with Gasteiger partial charge in [0.25, 0.3) is 0 Å². The lowest BCUT2D eigenvalue weighted by Gasteiger charge is -1.98. The maximum atomic E-state index is 10.2. The molecule has 0 aliphatic rings. The van der Waals surface area contributed by atoms with Crippen molar-refractivity contribution in [3.8, 4) is 0 Å². The lowest BCUT2D eigenvalue weighted by atomic mass is 10.1. The number of carbonyl (C=O) groups is 1. The molecule has 2 nitrogen and oxygen atoms in total. The summed E-state index contributed by atoms with van der Waals surface area (Å²) in [6, 6.07) is 0. The summed E-state index contributed by atoms with van der Waals surface area (Å²) >= 11 is 0. The van der Waals surface area contributed by atoms with Crippen LogP contribution >= 0.6 is 12.4 Å². The lowest BCUT2D eigenvalue weighted by molar-refractivity contribution is -0.137. The zero-order valence-corrected chi connectivity index (χ0v) is 9.52. The Morgan fingerprint density at radius 3 is 2.00 bits per heavy atom. The minimum Gasteiger partial charge on any atom is -0.481 e. The Hall–Kier alpha value is 0.0325. The predicted molar refractivity (Wildman–Crippen MR) is 72.0 cm³/mol. The summed E-state index contributed by atoms with van der Waals surface area (Å²) in [6.07, 6.45) is 10.1. The molecule has 1 N–H and O–H groups in total. The van der Waals surface area contributed by atoms with Gasteiger partial charge in [0.15, 0.2) is 17.4 Å². The Kier molecular flexibility index (Phi) is 22.4. The van der Waals surface area contributed by atoms with Gasteiger partial charge in [-0.05, 0) is 19.3 Å². The van der Waals surface area contributed by atoms with E-state index >= 15 is 0 Å². The van der Waals surface area contributed by atoms with Gasteiger partial charge < -0.3 is 5.11 Å². The first-order valence-electron chi connectivity index (χ1n) is 5.10. The normalized spacial score (nSPS) is 8.53. The molecule has 0 spiro atoms. The van der Waals surface area contributed by atoms with Gasteiger partial charge in [-0.3, -0.25) is 4.79 Å². The summed E-state index contributed by atoms with van der Waals surface area (Å²) in [5.41, 5.74) is 0. The van der Waals surface area contributed by atoms with Gasteiger partial charge in [0.05, 0.1) is 0 Å². The first-order valence-corrected chi connectivity index (χ1v) is 5.10. The van der Waals surface area contributed by atoms with E-state index in [2.05, 4.69) is 6.58 Å². The first kappa shape index (κ1) is 20.4. The molecule has 0 aromatic rings. The number of allylic oxidation sites excluding steroid dienone is 1. The minimum atomic E-state index is -0.674. The SMILES string of the molecule is C=CCCCCCCCCC(=O)O.Cl.[AlH3]. The van der Waals surface area contributed by atoms with Crippen LogP contribution in [0.25, 0.3) is 0 Å². The zero-order valence-electron chi connectivity index (χ0n) is 8.71. The Labute approximate surface area is 110 Å². The fourth-order valence-corrected chi connectivity index (χ4v) is 1.27. The van der Waals surface area contributed by atoms with Crippen molar-refractivity contribution in [2.24, 2.45) is 0 Å². The molecule has 0 amide bonds. The highest BCUT2D eigenvalue weighted by Gasteiger charge is 1.95. The van der Waals surface area contributed by atoms with E-state index in [0.29, 0.717) is 6.42 Å². The van der Waals surface area contributed by atoms with E-state index in [0.717, 1.165) is 19.3 Å². The highest BCUT2D eigenvalue weighted by molar-refractivity contribution is 5.85. The first-order chi connectivity index (χ1) is 6.27. The average molecular weight is 251 g/mol. The number of hydrogen-bond donors (Lipinski definition) is 1. The van der Waals surface area contributed by atoms with Crippen LogP contribution < -0.4 is 0 Å². The highest BCUT2D eigenvalue weighted by atomic mass is 35.5. The second-order valence-corrected chi connectivity index (χ2v) is 3.34. The second-order valence-electron chi connectivity index (χ2n) is 3.34. The Bertz CT molecular complexity index is 152. The van der Waals surface area contributed by atoms with Crippen LogP contribution in [0.4, 0.5) is 0 Å². The predicted octanol–water partition coefficient (Wildman–Crippen LogP) is 2.62. The summed E-state index contributed by atoms with van der Waals surface area (Å²) in [7, 11) is 0. The number of rotatable bonds is 9. The highest BCUT2D eigenvalue weighted by Crippen LogP contribution is 2.08. The van der Waals surface area contributed by atoms with Crippen LogP contribution in [0, 0.1) is 0 Å². The molecule has 4 heteroatoms. The molecule has 0 bridgehead atoms. The number of hydrogen-bond acceptors (Lipinski definition) is 1. The van der Waals surface area contributed by atoms with E-state index in [-0.39, 0.29) is 29.8 Å². The van der Waals surface area contributed by atoms with Crippen molar-refractivity contribution in [3.63, 3.8) is 0 Å². The second kappa shape index (κ2) is 16.5. The molecule has 0 radical (unpaired) electrons. The van der Waals surface area contributed by atoms with Crippen molar-refractivity contribution in [1.29, 1.82) is 0 Å². The van der Waals surface area contributed by atoms with Crippen molar-refractivity contribution in [1.82, 2.24) is 0 Å². The quantitative estimate of drug-likeness (QED) is 0.388. The molecule has 90 valence electrons. The van der Waals surface area contributed by atoms with Crippen molar-refractivity contribution in [3.05, 3.63) is 12.7 Å². The molecule has 0 aromatic heterocycles. The topological polar surface area (TPSA) is 37.3 Å². The molecule has 0 atom stereocenters. The maximum absolute atomic E-state index is 10.2. The van der Waals surface area contributed by atoms with Crippen LogP contribution in [-0.4, -0.2) is 28.4 Å². The molecule has 0 aliphatic heterocycles. The maximum Gasteiger partial charge on any atom is 0.303 e. The van der Waals surface area contributed by atoms with E-state index in [1.165, 1.54) is 25.7 Å². The van der Waals surface area contributed by atoms with Crippen molar-refractivity contribution < 1.29 is 9.90 Å². The Morgan fingerprint density at radius 2 is 1.53 bits per heavy atom. The molecule has 0 heterocycles. The van der Waals surface area contributed by atoms with Gasteiger partial charge in [0.1, 0.15) is 0 Å². The number of halogens is 1. The third-order valence-electron chi connectivity index (χ3n) is 2.05. The molecule has 0 fully saturated rings. The van der Waals surface area contributed by atoms with E-state index in [1.807, 2.05) is 6.08 Å². The summed E-state index contributed by atoms with van der Waals surface area (Å²) in [6.45, 7) is 3.66. The zero-order chi connectivity index (χ0) is 9.94. The van der Waals surface area contributed by atoms with Gasteiger partial charge >= 0.3 is 5.97 Å². The lowest BCUT2D eigenvalue weighted by Crippen LogP contribution is -1.93. The summed E-state index contributed by atoms with van der Waals surface area (Å²) in [5.74, 6) is -0.674. The van der Waals surface area contributed by atoms with Gasteiger partial charge in [-0.25, -0.2) is 0 Å². The van der Waals surface area contributed by atoms with Gasteiger partial charge in [-0.15, -0.1) is 19.0 Å². The molecule has 0 aromatic carbocycles. The molecular weight excluding hydrogens is 227 g/mol. The van der Waals surface area contributed by atoms with Crippen molar-refractivity contribution in [2.75, 3.05) is 0 Å². The van der Waals surface area contributed by atoms with Crippen LogP contribution in [0.1, 0.15) is 51.4 Å². The molecule has 15 heavy (non-hydrogen) atoms. The molecule has 0 unspecified atom stereocenters. The number of carboxylic acids is 1. The molecule has 0 rings (SSSR count). The number of unbranched alkanes of at least 4 members (excludes halogenated alkanes) is 6. The molecule has 0 saturated heterocycles. The van der Waals surface area contributed by atoms with Crippen LogP contribution in [-0.2, 0) is 4.79 Å². The smallest absolute Gasteiger partial charge is 0.303 e.